The smallest absolute Gasteiger partial charge is 0.407 e. The summed E-state index contributed by atoms with van der Waals surface area (Å²) in [6.45, 7) is 1.05. The molecule has 0 aliphatic carbocycles. The average molecular weight is 302 g/mol. The van der Waals surface area contributed by atoms with E-state index in [9.17, 15) is 23.5 Å². The van der Waals surface area contributed by atoms with Gasteiger partial charge < -0.3 is 20.9 Å². The van der Waals surface area contributed by atoms with E-state index in [0.717, 1.165) is 6.92 Å². The number of alkyl carbamates (subject to hydrolysis) is 1. The topological polar surface area (TPSA) is 102 Å². The van der Waals surface area contributed by atoms with E-state index in [4.69, 9.17) is 4.74 Å². The molecule has 0 spiro atoms. The van der Waals surface area contributed by atoms with E-state index in [0.29, 0.717) is 5.56 Å². The molecule has 6 nitrogen and oxygen atoms in total. The fraction of sp³-hybridized carbons (Fsp3) is 0.385. The van der Waals surface area contributed by atoms with Crippen LogP contribution in [0.4, 0.5) is 13.6 Å². The molecule has 4 N–H and O–H groups in total. The highest BCUT2D eigenvalue weighted by Gasteiger charge is 2.48. The molecule has 0 radical (unpaired) electrons. The lowest BCUT2D eigenvalue weighted by Gasteiger charge is -2.25. The summed E-state index contributed by atoms with van der Waals surface area (Å²) in [5.74, 6) is -6.12. The Morgan fingerprint density at radius 3 is 2.48 bits per heavy atom. The van der Waals surface area contributed by atoms with Crippen LogP contribution in [0.5, 0.6) is 0 Å². The number of benzene rings is 1. The molecular formula is C13H16F2N2O4. The molecule has 116 valence electrons. The first kappa shape index (κ1) is 16.8. The zero-order valence-corrected chi connectivity index (χ0v) is 11.3. The van der Waals surface area contributed by atoms with E-state index >= 15 is 0 Å². The van der Waals surface area contributed by atoms with E-state index in [1.54, 1.807) is 30.3 Å². The first-order valence-corrected chi connectivity index (χ1v) is 6.08. The summed E-state index contributed by atoms with van der Waals surface area (Å²) >= 11 is 0. The highest BCUT2D eigenvalue weighted by Crippen LogP contribution is 2.20. The summed E-state index contributed by atoms with van der Waals surface area (Å²) in [5.41, 5.74) is 5.19. The van der Waals surface area contributed by atoms with Gasteiger partial charge in [-0.2, -0.15) is 8.78 Å². The maximum Gasteiger partial charge on any atom is 0.407 e. The van der Waals surface area contributed by atoms with Crippen molar-refractivity contribution in [1.82, 2.24) is 5.32 Å². The normalized spacial score (nSPS) is 14.1. The maximum absolute atomic E-state index is 13.2. The molecule has 2 atom stereocenters. The first-order chi connectivity index (χ1) is 9.75. The van der Waals surface area contributed by atoms with Crippen LogP contribution in [0.2, 0.25) is 0 Å². The Labute approximate surface area is 119 Å². The van der Waals surface area contributed by atoms with E-state index in [1.807, 2.05) is 5.32 Å². The van der Waals surface area contributed by atoms with Crippen LogP contribution in [-0.2, 0) is 16.1 Å². The molecule has 21 heavy (non-hydrogen) atoms. The maximum atomic E-state index is 13.2. The number of nitrogens with one attached hydrogen (secondary N) is 1. The van der Waals surface area contributed by atoms with Crippen LogP contribution in [0.3, 0.4) is 0 Å². The van der Waals surface area contributed by atoms with Gasteiger partial charge in [-0.25, -0.2) is 4.79 Å². The molecule has 0 aromatic heterocycles. The summed E-state index contributed by atoms with van der Waals surface area (Å²) in [6.07, 6.45) is -3.44. The lowest BCUT2D eigenvalue weighted by Crippen LogP contribution is -2.55. The van der Waals surface area contributed by atoms with Gasteiger partial charge >= 0.3 is 12.0 Å². The number of carbonyl (C=O) groups is 2. The fourth-order valence-corrected chi connectivity index (χ4v) is 1.49. The minimum Gasteiger partial charge on any atom is -0.445 e. The van der Waals surface area contributed by atoms with E-state index in [-0.39, 0.29) is 6.61 Å². The SMILES string of the molecule is CC(NC(=O)OCc1ccccc1)C(O)C(F)(F)C(N)=O. The Bertz CT molecular complexity index is 496. The van der Waals surface area contributed by atoms with Gasteiger partial charge in [-0.1, -0.05) is 30.3 Å². The van der Waals surface area contributed by atoms with E-state index < -0.39 is 30.1 Å². The van der Waals surface area contributed by atoms with Crippen molar-refractivity contribution in [2.45, 2.75) is 31.6 Å². The summed E-state index contributed by atoms with van der Waals surface area (Å²) in [6, 6.07) is 7.29. The fourth-order valence-electron chi connectivity index (χ4n) is 1.49. The van der Waals surface area contributed by atoms with E-state index in [1.165, 1.54) is 0 Å². The zero-order chi connectivity index (χ0) is 16.0. The standard InChI is InChI=1S/C13H16F2N2O4/c1-8(10(18)13(14,15)11(16)19)17-12(20)21-7-9-5-3-2-4-6-9/h2-6,8,10,18H,7H2,1H3,(H2,16,19)(H,17,20). The van der Waals surface area contributed by atoms with Crippen molar-refractivity contribution in [2.75, 3.05) is 0 Å². The van der Waals surface area contributed by atoms with Gasteiger partial charge in [0.1, 0.15) is 12.7 Å². The van der Waals surface area contributed by atoms with Crippen LogP contribution >= 0.6 is 0 Å². The second-order valence-electron chi connectivity index (χ2n) is 4.43. The van der Waals surface area contributed by atoms with Crippen molar-refractivity contribution in [3.63, 3.8) is 0 Å². The number of ether oxygens (including phenoxy) is 1. The summed E-state index contributed by atoms with van der Waals surface area (Å²) in [7, 11) is 0. The number of rotatable bonds is 6. The lowest BCUT2D eigenvalue weighted by molar-refractivity contribution is -0.162. The van der Waals surface area contributed by atoms with Gasteiger partial charge in [0.2, 0.25) is 0 Å². The number of primary amides is 1. The number of halogens is 2. The van der Waals surface area contributed by atoms with Gasteiger partial charge in [-0.3, -0.25) is 4.79 Å². The lowest BCUT2D eigenvalue weighted by atomic mass is 10.1. The van der Waals surface area contributed by atoms with Gasteiger partial charge in [-0.05, 0) is 12.5 Å². The highest BCUT2D eigenvalue weighted by atomic mass is 19.3. The number of nitrogens with two attached hydrogens (primary N) is 1. The third-order valence-corrected chi connectivity index (χ3v) is 2.73. The van der Waals surface area contributed by atoms with Crippen LogP contribution in [-0.4, -0.2) is 35.2 Å². The zero-order valence-electron chi connectivity index (χ0n) is 11.3. The largest absolute Gasteiger partial charge is 0.445 e. The first-order valence-electron chi connectivity index (χ1n) is 6.08. The van der Waals surface area contributed by atoms with Crippen molar-refractivity contribution in [2.24, 2.45) is 5.73 Å². The Balaban J connectivity index is 2.49. The number of hydrogen-bond acceptors (Lipinski definition) is 4. The van der Waals surface area contributed by atoms with Gasteiger partial charge in [0.05, 0.1) is 6.04 Å². The van der Waals surface area contributed by atoms with Crippen LogP contribution in [0, 0.1) is 0 Å². The molecule has 2 amide bonds. The molecule has 0 heterocycles. The minimum atomic E-state index is -4.15. The van der Waals surface area contributed by atoms with Gasteiger partial charge in [0.15, 0.2) is 0 Å². The van der Waals surface area contributed by atoms with Crippen LogP contribution in [0.25, 0.3) is 0 Å². The predicted molar refractivity (Wildman–Crippen MR) is 69.4 cm³/mol. The molecule has 2 unspecified atom stereocenters. The van der Waals surface area contributed by atoms with Crippen molar-refractivity contribution in [3.05, 3.63) is 35.9 Å². The second kappa shape index (κ2) is 6.98. The third-order valence-electron chi connectivity index (χ3n) is 2.73. The number of amides is 2. The number of carbonyl (C=O) groups excluding carboxylic acids is 2. The van der Waals surface area contributed by atoms with Gasteiger partial charge in [0.25, 0.3) is 5.91 Å². The molecule has 0 fully saturated rings. The summed E-state index contributed by atoms with van der Waals surface area (Å²) in [4.78, 5) is 22.0. The monoisotopic (exact) mass is 302 g/mol. The van der Waals surface area contributed by atoms with Gasteiger partial charge in [0, 0.05) is 0 Å². The van der Waals surface area contributed by atoms with Crippen molar-refractivity contribution < 1.29 is 28.2 Å². The quantitative estimate of drug-likeness (QED) is 0.722. The highest BCUT2D eigenvalue weighted by molar-refractivity contribution is 5.82. The summed E-state index contributed by atoms with van der Waals surface area (Å²) in [5, 5.41) is 11.3. The molecule has 1 aromatic carbocycles. The van der Waals surface area contributed by atoms with Crippen LogP contribution in [0.1, 0.15) is 12.5 Å². The molecular weight excluding hydrogens is 286 g/mol. The molecule has 1 aromatic rings. The Morgan fingerprint density at radius 2 is 1.95 bits per heavy atom. The van der Waals surface area contributed by atoms with Crippen LogP contribution in [0.15, 0.2) is 30.3 Å². The number of hydrogen-bond donors (Lipinski definition) is 3. The van der Waals surface area contributed by atoms with Crippen LogP contribution < -0.4 is 11.1 Å². The summed E-state index contributed by atoms with van der Waals surface area (Å²) < 4.78 is 31.1. The molecule has 1 rings (SSSR count). The molecule has 0 aliphatic rings. The Hall–Kier alpha value is -2.22. The van der Waals surface area contributed by atoms with Crippen molar-refractivity contribution >= 4 is 12.0 Å². The number of aliphatic hydroxyl groups is 1. The Morgan fingerprint density at radius 1 is 1.38 bits per heavy atom. The average Bonchev–Trinajstić information content (AvgIpc) is 2.45. The second-order valence-corrected chi connectivity index (χ2v) is 4.43. The van der Waals surface area contributed by atoms with Crippen molar-refractivity contribution in [3.8, 4) is 0 Å². The predicted octanol–water partition coefficient (Wildman–Crippen LogP) is 0.783. The molecule has 0 saturated heterocycles. The molecule has 0 bridgehead atoms. The number of aliphatic hydroxyl groups excluding tert-OH is 1. The molecule has 8 heteroatoms. The van der Waals surface area contributed by atoms with E-state index in [2.05, 4.69) is 5.73 Å². The minimum absolute atomic E-state index is 0.0539. The molecule has 0 saturated carbocycles. The Kier molecular flexibility index (Phi) is 5.60. The third kappa shape index (κ3) is 4.67. The van der Waals surface area contributed by atoms with Gasteiger partial charge in [-0.15, -0.1) is 0 Å². The number of alkyl halides is 2. The molecule has 0 aliphatic heterocycles. The van der Waals surface area contributed by atoms with Crippen molar-refractivity contribution in [1.29, 1.82) is 0 Å².